The Morgan fingerprint density at radius 3 is 2.59 bits per heavy atom. The first-order valence-electron chi connectivity index (χ1n) is 11.2. The third kappa shape index (κ3) is 5.34. The fourth-order valence-corrected chi connectivity index (χ4v) is 4.43. The summed E-state index contributed by atoms with van der Waals surface area (Å²) in [6.45, 7) is 4.38. The molecule has 8 heteroatoms. The summed E-state index contributed by atoms with van der Waals surface area (Å²) in [5.41, 5.74) is 1.82. The van der Waals surface area contributed by atoms with Crippen molar-refractivity contribution in [3.63, 3.8) is 0 Å². The molecule has 0 unspecified atom stereocenters. The van der Waals surface area contributed by atoms with Crippen LogP contribution in [0.15, 0.2) is 65.7 Å². The lowest BCUT2D eigenvalue weighted by Gasteiger charge is -2.14. The van der Waals surface area contributed by atoms with Crippen molar-refractivity contribution >= 4 is 45.9 Å². The summed E-state index contributed by atoms with van der Waals surface area (Å²) in [7, 11) is 0. The second-order valence-corrected chi connectivity index (χ2v) is 8.93. The molecule has 1 fully saturated rings. The maximum atomic E-state index is 12.9. The molecule has 0 N–H and O–H groups in total. The van der Waals surface area contributed by atoms with E-state index in [4.69, 9.17) is 9.47 Å². The fraction of sp³-hybridized carbons (Fsp3) is 0.269. The molecule has 1 aliphatic heterocycles. The van der Waals surface area contributed by atoms with E-state index in [9.17, 15) is 14.4 Å². The predicted molar refractivity (Wildman–Crippen MR) is 132 cm³/mol. The monoisotopic (exact) mass is 478 g/mol. The van der Waals surface area contributed by atoms with E-state index >= 15 is 0 Å². The maximum absolute atomic E-state index is 12.9. The molecule has 1 aliphatic rings. The summed E-state index contributed by atoms with van der Waals surface area (Å²) in [5.74, 6) is -0.270. The normalized spacial score (nSPS) is 15.8. The van der Waals surface area contributed by atoms with Gasteiger partial charge in [0.2, 0.25) is 0 Å². The van der Waals surface area contributed by atoms with E-state index in [1.54, 1.807) is 13.0 Å². The third-order valence-electron chi connectivity index (χ3n) is 5.52. The molecule has 3 aromatic rings. The van der Waals surface area contributed by atoms with Gasteiger partial charge in [-0.2, -0.15) is 0 Å². The zero-order valence-corrected chi connectivity index (χ0v) is 19.9. The molecule has 4 rings (SSSR count). The largest absolute Gasteiger partial charge is 0.492 e. The van der Waals surface area contributed by atoms with Crippen molar-refractivity contribution < 1.29 is 23.9 Å². The average molecular weight is 479 g/mol. The second kappa shape index (κ2) is 10.6. The lowest BCUT2D eigenvalue weighted by atomic mass is 10.1. The van der Waals surface area contributed by atoms with Gasteiger partial charge < -0.3 is 14.0 Å². The van der Waals surface area contributed by atoms with Crippen molar-refractivity contribution in [1.29, 1.82) is 0 Å². The smallest absolute Gasteiger partial charge is 0.326 e. The summed E-state index contributed by atoms with van der Waals surface area (Å²) < 4.78 is 13.1. The number of amides is 2. The first kappa shape index (κ1) is 23.6. The van der Waals surface area contributed by atoms with Crippen molar-refractivity contribution in [2.75, 3.05) is 13.2 Å². The van der Waals surface area contributed by atoms with Crippen LogP contribution in [0.1, 0.15) is 25.8 Å². The van der Waals surface area contributed by atoms with E-state index < -0.39 is 17.1 Å². The number of esters is 1. The number of carbonyl (C=O) groups is 3. The van der Waals surface area contributed by atoms with Gasteiger partial charge in [-0.15, -0.1) is 0 Å². The number of ether oxygens (including phenoxy) is 2. The molecule has 0 aliphatic carbocycles. The topological polar surface area (TPSA) is 77.8 Å². The number of aromatic nitrogens is 1. The van der Waals surface area contributed by atoms with Gasteiger partial charge in [0.15, 0.2) is 0 Å². The van der Waals surface area contributed by atoms with Gasteiger partial charge in [0.05, 0.1) is 17.6 Å². The number of rotatable bonds is 9. The first-order chi connectivity index (χ1) is 16.5. The van der Waals surface area contributed by atoms with Crippen LogP contribution in [0.5, 0.6) is 5.75 Å². The highest BCUT2D eigenvalue weighted by Crippen LogP contribution is 2.34. The minimum Gasteiger partial charge on any atom is -0.492 e. The Morgan fingerprint density at radius 2 is 1.82 bits per heavy atom. The number of hydrogen-bond acceptors (Lipinski definition) is 6. The summed E-state index contributed by atoms with van der Waals surface area (Å²) in [4.78, 5) is 38.6. The molecule has 176 valence electrons. The number of benzene rings is 2. The van der Waals surface area contributed by atoms with Gasteiger partial charge >= 0.3 is 5.97 Å². The highest BCUT2D eigenvalue weighted by atomic mass is 32.2. The number of carbonyl (C=O) groups excluding carboxylic acids is 3. The number of nitrogens with zero attached hydrogens (tertiary/aromatic N) is 2. The van der Waals surface area contributed by atoms with E-state index in [2.05, 4.69) is 4.57 Å². The molecule has 0 bridgehead atoms. The summed E-state index contributed by atoms with van der Waals surface area (Å²) >= 11 is 0.833. The van der Waals surface area contributed by atoms with E-state index in [1.807, 2.05) is 67.7 Å². The molecule has 1 saturated heterocycles. The number of thioether (sulfide) groups is 1. The molecule has 0 spiro atoms. The van der Waals surface area contributed by atoms with Gasteiger partial charge in [-0.05, 0) is 49.4 Å². The van der Waals surface area contributed by atoms with Crippen LogP contribution in [0, 0.1) is 0 Å². The van der Waals surface area contributed by atoms with Crippen molar-refractivity contribution in [3.05, 3.63) is 71.3 Å². The summed E-state index contributed by atoms with van der Waals surface area (Å²) in [6.07, 6.45) is 4.06. The predicted octanol–water partition coefficient (Wildman–Crippen LogP) is 5.10. The Hall–Kier alpha value is -3.52. The molecule has 2 aromatic carbocycles. The standard InChI is InChI=1S/C26H26N2O5S/c1-3-18(2)33-24(29)17-28-25(30)23(34-26(28)31)15-19-16-27(22-12-8-7-11-21(19)22)13-14-32-20-9-5-4-6-10-20/h4-12,15-16,18H,3,13-14,17H2,1-2H3/b23-15-/t18-/m1/s1. The lowest BCUT2D eigenvalue weighted by molar-refractivity contribution is -0.150. The van der Waals surface area contributed by atoms with Crippen molar-refractivity contribution in [2.45, 2.75) is 32.9 Å². The highest BCUT2D eigenvalue weighted by Gasteiger charge is 2.37. The van der Waals surface area contributed by atoms with Crippen LogP contribution in [0.25, 0.3) is 17.0 Å². The minimum absolute atomic E-state index is 0.264. The van der Waals surface area contributed by atoms with Crippen LogP contribution in [-0.2, 0) is 20.9 Å². The van der Waals surface area contributed by atoms with E-state index in [0.717, 1.165) is 38.9 Å². The fourth-order valence-electron chi connectivity index (χ4n) is 3.61. The number of imide groups is 1. The van der Waals surface area contributed by atoms with Gasteiger partial charge in [-0.3, -0.25) is 19.3 Å². The van der Waals surface area contributed by atoms with Crippen molar-refractivity contribution in [3.8, 4) is 5.75 Å². The summed E-state index contributed by atoms with van der Waals surface area (Å²) in [6, 6.07) is 17.5. The van der Waals surface area contributed by atoms with Crippen LogP contribution < -0.4 is 4.74 Å². The van der Waals surface area contributed by atoms with Crippen LogP contribution in [-0.4, -0.2) is 45.8 Å². The van der Waals surface area contributed by atoms with Gasteiger partial charge in [0, 0.05) is 22.7 Å². The molecule has 7 nitrogen and oxygen atoms in total. The highest BCUT2D eigenvalue weighted by molar-refractivity contribution is 8.18. The van der Waals surface area contributed by atoms with Gasteiger partial charge in [0.25, 0.3) is 11.1 Å². The van der Waals surface area contributed by atoms with Gasteiger partial charge in [0.1, 0.15) is 18.9 Å². The Bertz CT molecular complexity index is 1230. The van der Waals surface area contributed by atoms with Crippen molar-refractivity contribution in [1.82, 2.24) is 9.47 Å². The zero-order valence-electron chi connectivity index (χ0n) is 19.1. The Labute approximate surface area is 202 Å². The maximum Gasteiger partial charge on any atom is 0.326 e. The average Bonchev–Trinajstić information content (AvgIpc) is 3.32. The molecule has 0 radical (unpaired) electrons. The van der Waals surface area contributed by atoms with Crippen LogP contribution in [0.3, 0.4) is 0 Å². The van der Waals surface area contributed by atoms with Crippen LogP contribution >= 0.6 is 11.8 Å². The van der Waals surface area contributed by atoms with Gasteiger partial charge in [-0.25, -0.2) is 0 Å². The molecule has 2 amide bonds. The molecule has 2 heterocycles. The third-order valence-corrected chi connectivity index (χ3v) is 6.43. The molecule has 1 aromatic heterocycles. The SMILES string of the molecule is CC[C@@H](C)OC(=O)CN1C(=O)S/C(=C\c2cn(CCOc3ccccc3)c3ccccc23)C1=O. The molecular weight excluding hydrogens is 452 g/mol. The Kier molecular flexibility index (Phi) is 7.37. The van der Waals surface area contributed by atoms with Crippen LogP contribution in [0.4, 0.5) is 4.79 Å². The van der Waals surface area contributed by atoms with E-state index in [1.165, 1.54) is 0 Å². The first-order valence-corrected chi connectivity index (χ1v) is 12.0. The lowest BCUT2D eigenvalue weighted by Crippen LogP contribution is -2.35. The second-order valence-electron chi connectivity index (χ2n) is 7.93. The Morgan fingerprint density at radius 1 is 1.09 bits per heavy atom. The zero-order chi connectivity index (χ0) is 24.1. The quantitative estimate of drug-likeness (QED) is 0.315. The minimum atomic E-state index is -0.590. The molecule has 0 saturated carbocycles. The number of fused-ring (bicyclic) bond motifs is 1. The number of hydrogen-bond donors (Lipinski definition) is 0. The number of para-hydroxylation sites is 2. The Balaban J connectivity index is 1.51. The molecular formula is C26H26N2O5S. The van der Waals surface area contributed by atoms with Crippen molar-refractivity contribution in [2.24, 2.45) is 0 Å². The van der Waals surface area contributed by atoms with Crippen LogP contribution in [0.2, 0.25) is 0 Å². The van der Waals surface area contributed by atoms with Gasteiger partial charge in [-0.1, -0.05) is 43.3 Å². The summed E-state index contributed by atoms with van der Waals surface area (Å²) in [5, 5.41) is 0.488. The molecule has 1 atom stereocenters. The molecule has 34 heavy (non-hydrogen) atoms. The van der Waals surface area contributed by atoms with E-state index in [-0.39, 0.29) is 17.6 Å². The van der Waals surface area contributed by atoms with E-state index in [0.29, 0.717) is 19.6 Å².